The molecule has 0 heterocycles. The lowest BCUT2D eigenvalue weighted by atomic mass is 10.1. The number of carbonyl (C=O) groups is 1. The summed E-state index contributed by atoms with van der Waals surface area (Å²) in [5.41, 5.74) is 0.824. The molecule has 1 aromatic rings. The van der Waals surface area contributed by atoms with Crippen molar-refractivity contribution < 1.29 is 14.3 Å². The van der Waals surface area contributed by atoms with E-state index < -0.39 is 6.10 Å². The maximum Gasteiger partial charge on any atom is 0.261 e. The maximum absolute atomic E-state index is 11.9. The van der Waals surface area contributed by atoms with E-state index in [0.29, 0.717) is 29.6 Å². The maximum atomic E-state index is 11.9. The Hall–Kier alpha value is -1.72. The van der Waals surface area contributed by atoms with Crippen LogP contribution in [0, 0.1) is 0 Å². The molecule has 0 aliphatic heterocycles. The normalized spacial score (nSPS) is 11.6. The van der Waals surface area contributed by atoms with Crippen LogP contribution in [0.15, 0.2) is 24.8 Å². The van der Waals surface area contributed by atoms with Gasteiger partial charge in [-0.25, -0.2) is 0 Å². The third kappa shape index (κ3) is 4.95. The number of rotatable bonds is 8. The lowest BCUT2D eigenvalue weighted by Gasteiger charge is -2.19. The largest absolute Gasteiger partial charge is 0.493 e. The average molecular weight is 313 g/mol. The van der Waals surface area contributed by atoms with Gasteiger partial charge in [-0.3, -0.25) is 4.79 Å². The molecule has 116 valence electrons. The van der Waals surface area contributed by atoms with Crippen LogP contribution < -0.4 is 20.1 Å². The van der Waals surface area contributed by atoms with Gasteiger partial charge in [0.25, 0.3) is 5.91 Å². The van der Waals surface area contributed by atoms with Crippen molar-refractivity contribution in [3.05, 3.63) is 35.4 Å². The molecular weight excluding hydrogens is 292 g/mol. The molecule has 5 nitrogen and oxygen atoms in total. The molecule has 0 bridgehead atoms. The van der Waals surface area contributed by atoms with E-state index >= 15 is 0 Å². The fourth-order valence-corrected chi connectivity index (χ4v) is 2.01. The van der Waals surface area contributed by atoms with Gasteiger partial charge in [-0.2, -0.15) is 0 Å². The standard InChI is InChI=1S/C15H21ClN2O3/c1-5-6-18-15(19)10(2)21-14-11(9-17-3)7-12(16)8-13(14)20-4/h5,7-8,10,17H,1,6,9H2,2-4H3,(H,18,19). The fourth-order valence-electron chi connectivity index (χ4n) is 1.78. The molecule has 0 saturated heterocycles. The summed E-state index contributed by atoms with van der Waals surface area (Å²) in [6.07, 6.45) is 0.954. The van der Waals surface area contributed by atoms with E-state index in [1.165, 1.54) is 7.11 Å². The number of amides is 1. The van der Waals surface area contributed by atoms with Crippen LogP contribution in [-0.4, -0.2) is 32.7 Å². The highest BCUT2D eigenvalue weighted by molar-refractivity contribution is 6.30. The van der Waals surface area contributed by atoms with Crippen LogP contribution >= 0.6 is 11.6 Å². The van der Waals surface area contributed by atoms with Gasteiger partial charge in [0, 0.05) is 29.7 Å². The smallest absolute Gasteiger partial charge is 0.261 e. The summed E-state index contributed by atoms with van der Waals surface area (Å²) in [6.45, 7) is 6.17. The molecule has 0 fully saturated rings. The highest BCUT2D eigenvalue weighted by atomic mass is 35.5. The number of benzene rings is 1. The lowest BCUT2D eigenvalue weighted by Crippen LogP contribution is -2.36. The quantitative estimate of drug-likeness (QED) is 0.722. The summed E-state index contributed by atoms with van der Waals surface area (Å²) in [6, 6.07) is 3.44. The highest BCUT2D eigenvalue weighted by Crippen LogP contribution is 2.35. The zero-order chi connectivity index (χ0) is 15.8. The number of ether oxygens (including phenoxy) is 2. The third-order valence-electron chi connectivity index (χ3n) is 2.77. The van der Waals surface area contributed by atoms with Crippen LogP contribution in [0.2, 0.25) is 5.02 Å². The Bertz CT molecular complexity index is 506. The van der Waals surface area contributed by atoms with Crippen molar-refractivity contribution >= 4 is 17.5 Å². The Kier molecular flexibility index (Phi) is 7.05. The summed E-state index contributed by atoms with van der Waals surface area (Å²) >= 11 is 6.05. The zero-order valence-electron chi connectivity index (χ0n) is 12.5. The molecule has 2 N–H and O–H groups in total. The summed E-state index contributed by atoms with van der Waals surface area (Å²) in [4.78, 5) is 11.9. The van der Waals surface area contributed by atoms with Crippen LogP contribution in [0.3, 0.4) is 0 Å². The molecule has 0 aromatic heterocycles. The summed E-state index contributed by atoms with van der Waals surface area (Å²) in [7, 11) is 3.35. The molecule has 0 aliphatic rings. The van der Waals surface area contributed by atoms with Crippen molar-refractivity contribution in [1.82, 2.24) is 10.6 Å². The van der Waals surface area contributed by atoms with Gasteiger partial charge < -0.3 is 20.1 Å². The molecule has 0 radical (unpaired) electrons. The molecule has 0 aliphatic carbocycles. The summed E-state index contributed by atoms with van der Waals surface area (Å²) in [5, 5.41) is 6.27. The van der Waals surface area contributed by atoms with Gasteiger partial charge in [-0.05, 0) is 20.0 Å². The van der Waals surface area contributed by atoms with Crippen molar-refractivity contribution in [3.8, 4) is 11.5 Å². The first-order valence-electron chi connectivity index (χ1n) is 6.59. The number of hydrogen-bond acceptors (Lipinski definition) is 4. The minimum absolute atomic E-state index is 0.220. The van der Waals surface area contributed by atoms with Gasteiger partial charge in [0.1, 0.15) is 0 Å². The molecule has 1 unspecified atom stereocenters. The Balaban J connectivity index is 2.99. The fraction of sp³-hybridized carbons (Fsp3) is 0.400. The Morgan fingerprint density at radius 3 is 2.81 bits per heavy atom. The van der Waals surface area contributed by atoms with E-state index in [0.717, 1.165) is 5.56 Å². The van der Waals surface area contributed by atoms with E-state index in [9.17, 15) is 4.79 Å². The minimum atomic E-state index is -0.657. The molecule has 1 atom stereocenters. The number of hydrogen-bond donors (Lipinski definition) is 2. The molecule has 1 amide bonds. The number of nitrogens with one attached hydrogen (secondary N) is 2. The van der Waals surface area contributed by atoms with Crippen LogP contribution in [-0.2, 0) is 11.3 Å². The van der Waals surface area contributed by atoms with Gasteiger partial charge in [0.15, 0.2) is 17.6 Å². The minimum Gasteiger partial charge on any atom is -0.493 e. The van der Waals surface area contributed by atoms with Crippen LogP contribution in [0.5, 0.6) is 11.5 Å². The third-order valence-corrected chi connectivity index (χ3v) is 2.99. The second-order valence-corrected chi connectivity index (χ2v) is 4.86. The van der Waals surface area contributed by atoms with E-state index in [1.807, 2.05) is 7.05 Å². The van der Waals surface area contributed by atoms with Crippen molar-refractivity contribution in [1.29, 1.82) is 0 Å². The summed E-state index contributed by atoms with van der Waals surface area (Å²) in [5.74, 6) is 0.788. The monoisotopic (exact) mass is 312 g/mol. The SMILES string of the molecule is C=CCNC(=O)C(C)Oc1c(CNC)cc(Cl)cc1OC. The van der Waals surface area contributed by atoms with E-state index in [2.05, 4.69) is 17.2 Å². The number of methoxy groups -OCH3 is 1. The topological polar surface area (TPSA) is 59.6 Å². The second-order valence-electron chi connectivity index (χ2n) is 4.42. The molecule has 1 aromatic carbocycles. The Labute approximate surface area is 130 Å². The van der Waals surface area contributed by atoms with Crippen molar-refractivity contribution in [3.63, 3.8) is 0 Å². The summed E-state index contributed by atoms with van der Waals surface area (Å²) < 4.78 is 11.1. The Morgan fingerprint density at radius 1 is 1.52 bits per heavy atom. The molecule has 6 heteroatoms. The first kappa shape index (κ1) is 17.3. The second kappa shape index (κ2) is 8.54. The van der Waals surface area contributed by atoms with Crippen LogP contribution in [0.4, 0.5) is 0 Å². The molecular formula is C15H21ClN2O3. The lowest BCUT2D eigenvalue weighted by molar-refractivity contribution is -0.127. The van der Waals surface area contributed by atoms with Gasteiger partial charge in [-0.15, -0.1) is 6.58 Å². The van der Waals surface area contributed by atoms with Gasteiger partial charge in [0.2, 0.25) is 0 Å². The predicted octanol–water partition coefficient (Wildman–Crippen LogP) is 2.14. The number of carbonyl (C=O) groups excluding carboxylic acids is 1. The first-order chi connectivity index (χ1) is 10.0. The van der Waals surface area contributed by atoms with Crippen LogP contribution in [0.1, 0.15) is 12.5 Å². The van der Waals surface area contributed by atoms with E-state index in [1.54, 1.807) is 25.1 Å². The predicted molar refractivity (Wildman–Crippen MR) is 84.1 cm³/mol. The van der Waals surface area contributed by atoms with Gasteiger partial charge in [-0.1, -0.05) is 17.7 Å². The van der Waals surface area contributed by atoms with Gasteiger partial charge in [0.05, 0.1) is 7.11 Å². The zero-order valence-corrected chi connectivity index (χ0v) is 13.3. The van der Waals surface area contributed by atoms with Crippen LogP contribution in [0.25, 0.3) is 0 Å². The van der Waals surface area contributed by atoms with E-state index in [4.69, 9.17) is 21.1 Å². The van der Waals surface area contributed by atoms with Crippen molar-refractivity contribution in [2.24, 2.45) is 0 Å². The molecule has 0 saturated carbocycles. The van der Waals surface area contributed by atoms with Crippen molar-refractivity contribution in [2.45, 2.75) is 19.6 Å². The van der Waals surface area contributed by atoms with Gasteiger partial charge >= 0.3 is 0 Å². The molecule has 21 heavy (non-hydrogen) atoms. The van der Waals surface area contributed by atoms with Crippen molar-refractivity contribution in [2.75, 3.05) is 20.7 Å². The van der Waals surface area contributed by atoms with E-state index in [-0.39, 0.29) is 5.91 Å². The first-order valence-corrected chi connectivity index (χ1v) is 6.97. The number of halogens is 1. The average Bonchev–Trinajstić information content (AvgIpc) is 2.47. The molecule has 1 rings (SSSR count). The highest BCUT2D eigenvalue weighted by Gasteiger charge is 2.19. The molecule has 0 spiro atoms. The Morgan fingerprint density at radius 2 is 2.24 bits per heavy atom.